The molecule has 0 radical (unpaired) electrons. The molecule has 1 aromatic heterocycles. The number of rotatable bonds is 3. The first kappa shape index (κ1) is 17.3. The van der Waals surface area contributed by atoms with Gasteiger partial charge in [0.15, 0.2) is 0 Å². The van der Waals surface area contributed by atoms with Crippen LogP contribution in [0.3, 0.4) is 0 Å². The van der Waals surface area contributed by atoms with Gasteiger partial charge in [0.2, 0.25) is 5.88 Å². The van der Waals surface area contributed by atoms with Crippen LogP contribution in [-0.2, 0) is 14.3 Å². The van der Waals surface area contributed by atoms with E-state index >= 15 is 0 Å². The Balaban J connectivity index is 2.20. The molecule has 132 valence electrons. The fraction of sp³-hybridized carbons (Fsp3) is 0.211. The Bertz CT molecular complexity index is 1060. The first-order chi connectivity index (χ1) is 12.5. The molecular formula is C19H16N2O5. The molecule has 0 spiro atoms. The summed E-state index contributed by atoms with van der Waals surface area (Å²) in [6.45, 7) is 3.48. The number of esters is 1. The highest BCUT2D eigenvalue weighted by molar-refractivity contribution is 5.93. The molecule has 0 amide bonds. The molecule has 7 nitrogen and oxygen atoms in total. The average Bonchev–Trinajstić information content (AvgIpc) is 2.60. The van der Waals surface area contributed by atoms with E-state index < -0.39 is 17.5 Å². The minimum atomic E-state index is -0.732. The van der Waals surface area contributed by atoms with E-state index in [1.807, 2.05) is 6.07 Å². The monoisotopic (exact) mass is 352 g/mol. The zero-order valence-electron chi connectivity index (χ0n) is 14.2. The predicted molar refractivity (Wildman–Crippen MR) is 92.5 cm³/mol. The van der Waals surface area contributed by atoms with Gasteiger partial charge in [-0.3, -0.25) is 0 Å². The maximum absolute atomic E-state index is 12.5. The minimum absolute atomic E-state index is 0.0530. The van der Waals surface area contributed by atoms with Gasteiger partial charge >= 0.3 is 11.6 Å². The minimum Gasteiger partial charge on any atom is -0.463 e. The number of nitrogens with two attached hydrogens (primary N) is 1. The summed E-state index contributed by atoms with van der Waals surface area (Å²) in [6.07, 6.45) is 0. The third-order valence-corrected chi connectivity index (χ3v) is 4.08. The maximum Gasteiger partial charge on any atom is 0.338 e. The molecule has 0 saturated heterocycles. The number of nitriles is 1. The molecule has 1 aromatic carbocycles. The van der Waals surface area contributed by atoms with Gasteiger partial charge in [-0.05, 0) is 37.6 Å². The van der Waals surface area contributed by atoms with Gasteiger partial charge < -0.3 is 19.6 Å². The van der Waals surface area contributed by atoms with Crippen molar-refractivity contribution in [2.24, 2.45) is 5.73 Å². The van der Waals surface area contributed by atoms with E-state index in [-0.39, 0.29) is 29.4 Å². The second-order valence-electron chi connectivity index (χ2n) is 5.67. The van der Waals surface area contributed by atoms with Crippen molar-refractivity contribution in [3.05, 3.63) is 69.1 Å². The van der Waals surface area contributed by atoms with Crippen molar-refractivity contribution in [1.82, 2.24) is 0 Å². The lowest BCUT2D eigenvalue weighted by atomic mass is 9.82. The SMILES string of the molecule is CCOC(=O)C1=C(C)OC(N)=C(C#N)C1c1ccc2oc(=O)ccc2c1. The fourth-order valence-electron chi connectivity index (χ4n) is 2.96. The van der Waals surface area contributed by atoms with Gasteiger partial charge in [-0.1, -0.05) is 6.07 Å². The number of fused-ring (bicyclic) bond motifs is 1. The topological polar surface area (TPSA) is 116 Å². The van der Waals surface area contributed by atoms with Gasteiger partial charge in [-0.25, -0.2) is 9.59 Å². The van der Waals surface area contributed by atoms with E-state index in [9.17, 15) is 14.9 Å². The fourth-order valence-corrected chi connectivity index (χ4v) is 2.96. The van der Waals surface area contributed by atoms with Gasteiger partial charge in [0.25, 0.3) is 0 Å². The standard InChI is InChI=1S/C19H16N2O5/c1-3-24-19(23)16-10(2)25-18(21)13(9-20)17(16)12-4-6-14-11(8-12)5-7-15(22)26-14/h4-8,17H,3,21H2,1-2H3. The molecule has 0 saturated carbocycles. The number of hydrogen-bond donors (Lipinski definition) is 1. The van der Waals surface area contributed by atoms with Crippen LogP contribution in [0.2, 0.25) is 0 Å². The number of nitrogens with zero attached hydrogens (tertiary/aromatic N) is 1. The zero-order chi connectivity index (χ0) is 18.8. The van der Waals surface area contributed by atoms with Crippen LogP contribution in [0, 0.1) is 11.3 Å². The summed E-state index contributed by atoms with van der Waals surface area (Å²) in [5.74, 6) is -1.08. The molecule has 1 aliphatic heterocycles. The number of ether oxygens (including phenoxy) is 2. The molecule has 2 N–H and O–H groups in total. The number of hydrogen-bond acceptors (Lipinski definition) is 7. The van der Waals surface area contributed by atoms with Crippen LogP contribution in [0.4, 0.5) is 0 Å². The molecule has 1 atom stereocenters. The van der Waals surface area contributed by atoms with Crippen molar-refractivity contribution in [3.63, 3.8) is 0 Å². The van der Waals surface area contributed by atoms with E-state index in [0.29, 0.717) is 16.5 Å². The van der Waals surface area contributed by atoms with Crippen LogP contribution in [-0.4, -0.2) is 12.6 Å². The molecule has 7 heteroatoms. The second kappa shape index (κ2) is 6.76. The molecule has 0 bridgehead atoms. The van der Waals surface area contributed by atoms with Crippen molar-refractivity contribution in [1.29, 1.82) is 5.26 Å². The number of allylic oxidation sites excluding steroid dienone is 2. The van der Waals surface area contributed by atoms with E-state index in [1.165, 1.54) is 6.07 Å². The maximum atomic E-state index is 12.5. The molecule has 3 rings (SSSR count). The number of benzene rings is 1. The van der Waals surface area contributed by atoms with Crippen molar-refractivity contribution in [3.8, 4) is 6.07 Å². The molecule has 26 heavy (non-hydrogen) atoms. The summed E-state index contributed by atoms with van der Waals surface area (Å²) >= 11 is 0. The van der Waals surface area contributed by atoms with Crippen molar-refractivity contribution in [2.45, 2.75) is 19.8 Å². The van der Waals surface area contributed by atoms with Crippen LogP contribution in [0.25, 0.3) is 11.0 Å². The normalized spacial score (nSPS) is 17.0. The van der Waals surface area contributed by atoms with E-state index in [0.717, 1.165) is 0 Å². The highest BCUT2D eigenvalue weighted by Gasteiger charge is 2.36. The molecule has 0 fully saturated rings. The van der Waals surface area contributed by atoms with Crippen LogP contribution >= 0.6 is 0 Å². The third-order valence-electron chi connectivity index (χ3n) is 4.08. The van der Waals surface area contributed by atoms with Gasteiger partial charge in [-0.15, -0.1) is 0 Å². The summed E-state index contributed by atoms with van der Waals surface area (Å²) in [5.41, 5.74) is 6.79. The Hall–Kier alpha value is -3.53. The first-order valence-electron chi connectivity index (χ1n) is 7.95. The second-order valence-corrected chi connectivity index (χ2v) is 5.67. The zero-order valence-corrected chi connectivity index (χ0v) is 14.2. The van der Waals surface area contributed by atoms with E-state index in [2.05, 4.69) is 0 Å². The molecule has 1 aliphatic rings. The van der Waals surface area contributed by atoms with E-state index in [4.69, 9.17) is 19.6 Å². The Labute approximate surface area is 148 Å². The lowest BCUT2D eigenvalue weighted by Gasteiger charge is -2.26. The summed E-state index contributed by atoms with van der Waals surface area (Å²) < 4.78 is 15.6. The molecular weight excluding hydrogens is 336 g/mol. The lowest BCUT2D eigenvalue weighted by molar-refractivity contribution is -0.139. The third kappa shape index (κ3) is 2.93. The predicted octanol–water partition coefficient (Wildman–Crippen LogP) is 2.44. The Kier molecular flexibility index (Phi) is 4.50. The molecule has 2 heterocycles. The summed E-state index contributed by atoms with van der Waals surface area (Å²) in [5, 5.41) is 10.2. The molecule has 0 aliphatic carbocycles. The van der Waals surface area contributed by atoms with Gasteiger partial charge in [0, 0.05) is 11.5 Å². The highest BCUT2D eigenvalue weighted by atomic mass is 16.5. The number of carbonyl (C=O) groups excluding carboxylic acids is 1. The summed E-state index contributed by atoms with van der Waals surface area (Å²) in [6, 6.07) is 9.98. The molecule has 2 aromatic rings. The Morgan fingerprint density at radius 3 is 2.81 bits per heavy atom. The first-order valence-corrected chi connectivity index (χ1v) is 7.95. The average molecular weight is 352 g/mol. The highest BCUT2D eigenvalue weighted by Crippen LogP contribution is 2.40. The summed E-state index contributed by atoms with van der Waals surface area (Å²) in [4.78, 5) is 23.8. The van der Waals surface area contributed by atoms with Crippen molar-refractivity contribution < 1.29 is 18.7 Å². The Morgan fingerprint density at radius 1 is 1.35 bits per heavy atom. The van der Waals surface area contributed by atoms with Crippen molar-refractivity contribution >= 4 is 16.9 Å². The van der Waals surface area contributed by atoms with Crippen molar-refractivity contribution in [2.75, 3.05) is 6.61 Å². The van der Waals surface area contributed by atoms with Gasteiger partial charge in [0.05, 0.1) is 18.1 Å². The summed E-state index contributed by atoms with van der Waals surface area (Å²) in [7, 11) is 0. The van der Waals surface area contributed by atoms with Gasteiger partial charge in [-0.2, -0.15) is 5.26 Å². The van der Waals surface area contributed by atoms with E-state index in [1.54, 1.807) is 38.1 Å². The van der Waals surface area contributed by atoms with Gasteiger partial charge in [0.1, 0.15) is 23.0 Å². The lowest BCUT2D eigenvalue weighted by Crippen LogP contribution is -2.25. The van der Waals surface area contributed by atoms with Crippen LogP contribution in [0.15, 0.2) is 62.3 Å². The molecule has 1 unspecified atom stereocenters. The Morgan fingerprint density at radius 2 is 2.12 bits per heavy atom. The quantitative estimate of drug-likeness (QED) is 0.666. The van der Waals surface area contributed by atoms with Crippen LogP contribution in [0.1, 0.15) is 25.3 Å². The number of carbonyl (C=O) groups is 1. The van der Waals surface area contributed by atoms with Crippen LogP contribution < -0.4 is 11.4 Å². The largest absolute Gasteiger partial charge is 0.463 e. The smallest absolute Gasteiger partial charge is 0.338 e. The van der Waals surface area contributed by atoms with Crippen LogP contribution in [0.5, 0.6) is 0 Å².